The van der Waals surface area contributed by atoms with Crippen LogP contribution in [0.15, 0.2) is 48.5 Å². The van der Waals surface area contributed by atoms with Crippen LogP contribution < -0.4 is 9.47 Å². The Hall–Kier alpha value is -2.95. The van der Waals surface area contributed by atoms with Gasteiger partial charge in [-0.1, -0.05) is 6.92 Å². The van der Waals surface area contributed by atoms with Crippen LogP contribution in [0.5, 0.6) is 28.9 Å². The second kappa shape index (κ2) is 6.66. The van der Waals surface area contributed by atoms with Gasteiger partial charge >= 0.3 is 0 Å². The highest BCUT2D eigenvalue weighted by molar-refractivity contribution is 5.40. The van der Waals surface area contributed by atoms with E-state index in [4.69, 9.17) is 9.47 Å². The van der Waals surface area contributed by atoms with E-state index >= 15 is 0 Å². The minimum absolute atomic E-state index is 0.212. The Kier molecular flexibility index (Phi) is 4.42. The highest BCUT2D eigenvalue weighted by Crippen LogP contribution is 2.30. The maximum atomic E-state index is 9.29. The van der Waals surface area contributed by atoms with Crippen molar-refractivity contribution in [3.05, 3.63) is 59.8 Å². The number of phenolic OH excluding ortho intramolecular Hbond substituents is 1. The molecule has 0 unspecified atom stereocenters. The van der Waals surface area contributed by atoms with Gasteiger partial charge in [-0.15, -0.1) is 0 Å². The van der Waals surface area contributed by atoms with Gasteiger partial charge in [0.15, 0.2) is 0 Å². The van der Waals surface area contributed by atoms with E-state index in [0.717, 1.165) is 29.3 Å². The van der Waals surface area contributed by atoms with E-state index in [2.05, 4.69) is 12.0 Å². The molecule has 3 aromatic rings. The lowest BCUT2D eigenvalue weighted by Gasteiger charge is -2.09. The van der Waals surface area contributed by atoms with Crippen LogP contribution in [0.2, 0.25) is 0 Å². The fraction of sp³-hybridized carbons (Fsp3) is 0.211. The first kappa shape index (κ1) is 15.9. The Bertz CT molecular complexity index is 821. The maximum absolute atomic E-state index is 9.29. The third-order valence-electron chi connectivity index (χ3n) is 3.75. The topological polar surface area (TPSA) is 56.5 Å². The number of aryl methyl sites for hydroxylation is 2. The van der Waals surface area contributed by atoms with E-state index in [1.54, 1.807) is 28.9 Å². The summed E-state index contributed by atoms with van der Waals surface area (Å²) in [5, 5.41) is 13.7. The summed E-state index contributed by atoms with van der Waals surface area (Å²) >= 11 is 0. The van der Waals surface area contributed by atoms with Crippen LogP contribution in [0.4, 0.5) is 0 Å². The lowest BCUT2D eigenvalue weighted by atomic mass is 10.2. The molecule has 1 aromatic heterocycles. The molecular weight excluding hydrogens is 304 g/mol. The molecule has 0 saturated carbocycles. The van der Waals surface area contributed by atoms with Crippen molar-refractivity contribution in [2.45, 2.75) is 20.3 Å². The molecule has 1 N–H and O–H groups in total. The molecule has 5 nitrogen and oxygen atoms in total. The van der Waals surface area contributed by atoms with Gasteiger partial charge in [-0.2, -0.15) is 5.10 Å². The molecule has 0 spiro atoms. The van der Waals surface area contributed by atoms with Gasteiger partial charge in [0.2, 0.25) is 5.88 Å². The van der Waals surface area contributed by atoms with Crippen molar-refractivity contribution in [3.63, 3.8) is 0 Å². The van der Waals surface area contributed by atoms with Crippen LogP contribution >= 0.6 is 0 Å². The molecule has 3 rings (SSSR count). The number of rotatable bonds is 5. The Morgan fingerprint density at radius 3 is 1.96 bits per heavy atom. The van der Waals surface area contributed by atoms with Crippen LogP contribution in [0.3, 0.4) is 0 Å². The molecule has 2 aromatic carbocycles. The molecule has 0 bridgehead atoms. The average molecular weight is 324 g/mol. The van der Waals surface area contributed by atoms with Gasteiger partial charge in [-0.05, 0) is 61.9 Å². The number of hydrogen-bond donors (Lipinski definition) is 1. The number of aromatic hydroxyl groups is 1. The van der Waals surface area contributed by atoms with E-state index in [-0.39, 0.29) is 5.75 Å². The van der Waals surface area contributed by atoms with E-state index in [1.165, 1.54) is 0 Å². The van der Waals surface area contributed by atoms with Crippen molar-refractivity contribution >= 4 is 0 Å². The van der Waals surface area contributed by atoms with Gasteiger partial charge in [-0.25, -0.2) is 4.68 Å². The highest BCUT2D eigenvalue weighted by Gasteiger charge is 2.13. The molecule has 0 amide bonds. The Balaban J connectivity index is 1.74. The van der Waals surface area contributed by atoms with Crippen LogP contribution in [-0.2, 0) is 13.5 Å². The summed E-state index contributed by atoms with van der Waals surface area (Å²) in [7, 11) is 1.88. The van der Waals surface area contributed by atoms with Crippen molar-refractivity contribution < 1.29 is 14.6 Å². The van der Waals surface area contributed by atoms with Crippen molar-refractivity contribution in [1.82, 2.24) is 9.78 Å². The first-order valence-corrected chi connectivity index (χ1v) is 7.84. The van der Waals surface area contributed by atoms with Crippen molar-refractivity contribution in [3.8, 4) is 28.9 Å². The van der Waals surface area contributed by atoms with Crippen LogP contribution in [0, 0.1) is 6.92 Å². The van der Waals surface area contributed by atoms with Gasteiger partial charge in [0.1, 0.15) is 23.0 Å². The molecule has 0 aliphatic rings. The minimum Gasteiger partial charge on any atom is -0.508 e. The summed E-state index contributed by atoms with van der Waals surface area (Å²) in [6.07, 6.45) is 0.872. The summed E-state index contributed by atoms with van der Waals surface area (Å²) < 4.78 is 13.5. The zero-order valence-electron chi connectivity index (χ0n) is 14.0. The molecule has 0 aliphatic heterocycles. The quantitative estimate of drug-likeness (QED) is 0.746. The first-order chi connectivity index (χ1) is 11.6. The summed E-state index contributed by atoms with van der Waals surface area (Å²) in [6, 6.07) is 14.0. The number of phenols is 1. The molecule has 0 aliphatic carbocycles. The van der Waals surface area contributed by atoms with Gasteiger partial charge < -0.3 is 14.6 Å². The predicted molar refractivity (Wildman–Crippen MR) is 92.0 cm³/mol. The highest BCUT2D eigenvalue weighted by atomic mass is 16.5. The molecule has 0 fully saturated rings. The second-order valence-corrected chi connectivity index (χ2v) is 5.52. The summed E-state index contributed by atoms with van der Waals surface area (Å²) in [4.78, 5) is 0. The molecule has 0 atom stereocenters. The number of aromatic nitrogens is 2. The summed E-state index contributed by atoms with van der Waals surface area (Å²) in [5.41, 5.74) is 2.10. The number of benzene rings is 2. The molecule has 1 heterocycles. The lowest BCUT2D eigenvalue weighted by Crippen LogP contribution is -1.96. The second-order valence-electron chi connectivity index (χ2n) is 5.52. The molecule has 24 heavy (non-hydrogen) atoms. The maximum Gasteiger partial charge on any atom is 0.221 e. The Morgan fingerprint density at radius 1 is 0.917 bits per heavy atom. The molecule has 124 valence electrons. The fourth-order valence-corrected chi connectivity index (χ4v) is 2.55. The van der Waals surface area contributed by atoms with E-state index < -0.39 is 0 Å². The monoisotopic (exact) mass is 324 g/mol. The van der Waals surface area contributed by atoms with Crippen molar-refractivity contribution in [2.75, 3.05) is 0 Å². The van der Waals surface area contributed by atoms with Crippen LogP contribution in [0.1, 0.15) is 18.2 Å². The zero-order valence-corrected chi connectivity index (χ0v) is 14.0. The van der Waals surface area contributed by atoms with E-state index in [9.17, 15) is 5.11 Å². The first-order valence-electron chi connectivity index (χ1n) is 7.84. The molecular formula is C19H20N2O3. The molecule has 5 heteroatoms. The third-order valence-corrected chi connectivity index (χ3v) is 3.75. The summed E-state index contributed by atoms with van der Waals surface area (Å²) in [5.74, 6) is 3.07. The Morgan fingerprint density at radius 2 is 1.42 bits per heavy atom. The SMILES string of the molecule is CCc1c(C)nn(C)c1Oc1ccc(Oc2ccc(O)cc2)cc1. The van der Waals surface area contributed by atoms with E-state index in [1.807, 2.05) is 38.2 Å². The Labute approximate surface area is 141 Å². The zero-order chi connectivity index (χ0) is 17.1. The third kappa shape index (κ3) is 3.35. The summed E-state index contributed by atoms with van der Waals surface area (Å²) in [6.45, 7) is 4.08. The number of ether oxygens (including phenoxy) is 2. The largest absolute Gasteiger partial charge is 0.508 e. The lowest BCUT2D eigenvalue weighted by molar-refractivity contribution is 0.424. The van der Waals surface area contributed by atoms with E-state index in [0.29, 0.717) is 11.5 Å². The molecule has 0 radical (unpaired) electrons. The average Bonchev–Trinajstić information content (AvgIpc) is 2.84. The van der Waals surface area contributed by atoms with Gasteiger partial charge in [-0.3, -0.25) is 0 Å². The van der Waals surface area contributed by atoms with Gasteiger partial charge in [0.25, 0.3) is 0 Å². The minimum atomic E-state index is 0.212. The van der Waals surface area contributed by atoms with Crippen LogP contribution in [0.25, 0.3) is 0 Å². The van der Waals surface area contributed by atoms with Crippen molar-refractivity contribution in [1.29, 1.82) is 0 Å². The molecule has 0 saturated heterocycles. The van der Waals surface area contributed by atoms with Gasteiger partial charge in [0.05, 0.1) is 5.69 Å². The number of hydrogen-bond acceptors (Lipinski definition) is 4. The van der Waals surface area contributed by atoms with Gasteiger partial charge in [0, 0.05) is 12.6 Å². The van der Waals surface area contributed by atoms with Crippen molar-refractivity contribution in [2.24, 2.45) is 7.05 Å². The normalized spacial score (nSPS) is 10.6. The van der Waals surface area contributed by atoms with Crippen LogP contribution in [-0.4, -0.2) is 14.9 Å². The number of nitrogens with zero attached hydrogens (tertiary/aromatic N) is 2. The fourth-order valence-electron chi connectivity index (χ4n) is 2.55. The standard InChI is InChI=1S/C19H20N2O3/c1-4-18-13(2)20-21(3)19(18)24-17-11-9-16(10-12-17)23-15-7-5-14(22)6-8-15/h5-12,22H,4H2,1-3H3. The smallest absolute Gasteiger partial charge is 0.221 e. The predicted octanol–water partition coefficient (Wildman–Crippen LogP) is 4.58.